The summed E-state index contributed by atoms with van der Waals surface area (Å²) in [5.41, 5.74) is 4.47. The number of benzene rings is 2. The SMILES string of the molecule is CCCCN(Cc1cccn1Cc1cccc(C)c1)C(=O)c1ccccc1. The van der Waals surface area contributed by atoms with Gasteiger partial charge in [0, 0.05) is 30.5 Å². The number of rotatable bonds is 8. The summed E-state index contributed by atoms with van der Waals surface area (Å²) < 4.78 is 2.24. The minimum absolute atomic E-state index is 0.104. The molecule has 0 aliphatic rings. The summed E-state index contributed by atoms with van der Waals surface area (Å²) in [5, 5.41) is 0. The highest BCUT2D eigenvalue weighted by Crippen LogP contribution is 2.15. The Morgan fingerprint density at radius 2 is 1.81 bits per heavy atom. The number of nitrogens with zero attached hydrogens (tertiary/aromatic N) is 2. The second-order valence-corrected chi connectivity index (χ2v) is 7.06. The van der Waals surface area contributed by atoms with Gasteiger partial charge in [0.15, 0.2) is 0 Å². The van der Waals surface area contributed by atoms with Crippen molar-refractivity contribution in [1.29, 1.82) is 0 Å². The van der Waals surface area contributed by atoms with Crippen molar-refractivity contribution in [2.24, 2.45) is 0 Å². The van der Waals surface area contributed by atoms with Gasteiger partial charge in [0.1, 0.15) is 0 Å². The van der Waals surface area contributed by atoms with E-state index in [1.807, 2.05) is 35.2 Å². The molecule has 0 aliphatic heterocycles. The third kappa shape index (κ3) is 5.10. The fourth-order valence-corrected chi connectivity index (χ4v) is 3.31. The second-order valence-electron chi connectivity index (χ2n) is 7.06. The zero-order valence-electron chi connectivity index (χ0n) is 16.3. The molecule has 0 bridgehead atoms. The van der Waals surface area contributed by atoms with E-state index in [1.54, 1.807) is 0 Å². The Hall–Kier alpha value is -2.81. The van der Waals surface area contributed by atoms with Crippen LogP contribution in [0.2, 0.25) is 0 Å². The fraction of sp³-hybridized carbons (Fsp3) is 0.292. The van der Waals surface area contributed by atoms with Gasteiger partial charge in [-0.05, 0) is 43.2 Å². The van der Waals surface area contributed by atoms with Crippen molar-refractivity contribution in [2.75, 3.05) is 6.54 Å². The van der Waals surface area contributed by atoms with Crippen LogP contribution in [0.1, 0.15) is 46.9 Å². The van der Waals surface area contributed by atoms with Crippen LogP contribution in [0.4, 0.5) is 0 Å². The first-order valence-corrected chi connectivity index (χ1v) is 9.71. The fourth-order valence-electron chi connectivity index (χ4n) is 3.31. The third-order valence-electron chi connectivity index (χ3n) is 4.80. The third-order valence-corrected chi connectivity index (χ3v) is 4.80. The summed E-state index contributed by atoms with van der Waals surface area (Å²) in [4.78, 5) is 15.0. The topological polar surface area (TPSA) is 25.2 Å². The van der Waals surface area contributed by atoms with Gasteiger partial charge in [-0.3, -0.25) is 4.79 Å². The molecule has 0 spiro atoms. The lowest BCUT2D eigenvalue weighted by atomic mass is 10.1. The smallest absolute Gasteiger partial charge is 0.254 e. The summed E-state index contributed by atoms with van der Waals surface area (Å²) in [6, 6.07) is 22.3. The Kier molecular flexibility index (Phi) is 6.48. The molecule has 0 fully saturated rings. The molecule has 1 aromatic heterocycles. The van der Waals surface area contributed by atoms with Crippen molar-refractivity contribution in [3.63, 3.8) is 0 Å². The average molecular weight is 361 g/mol. The molecule has 0 saturated heterocycles. The Labute approximate surface area is 162 Å². The van der Waals surface area contributed by atoms with Crippen LogP contribution in [0.15, 0.2) is 72.9 Å². The summed E-state index contributed by atoms with van der Waals surface area (Å²) in [6.07, 6.45) is 4.18. The summed E-state index contributed by atoms with van der Waals surface area (Å²) in [5.74, 6) is 0.104. The maximum atomic E-state index is 13.0. The lowest BCUT2D eigenvalue weighted by Crippen LogP contribution is -2.32. The number of hydrogen-bond acceptors (Lipinski definition) is 1. The summed E-state index contributed by atoms with van der Waals surface area (Å²) >= 11 is 0. The number of hydrogen-bond donors (Lipinski definition) is 0. The first-order valence-electron chi connectivity index (χ1n) is 9.71. The van der Waals surface area contributed by atoms with E-state index >= 15 is 0 Å². The van der Waals surface area contributed by atoms with Gasteiger partial charge >= 0.3 is 0 Å². The quantitative estimate of drug-likeness (QED) is 0.536. The van der Waals surface area contributed by atoms with Gasteiger partial charge in [0.2, 0.25) is 0 Å². The van der Waals surface area contributed by atoms with Gasteiger partial charge < -0.3 is 9.47 Å². The Morgan fingerprint density at radius 1 is 1.00 bits per heavy atom. The van der Waals surface area contributed by atoms with E-state index in [0.29, 0.717) is 6.54 Å². The number of aryl methyl sites for hydroxylation is 1. The van der Waals surface area contributed by atoms with E-state index < -0.39 is 0 Å². The highest BCUT2D eigenvalue weighted by atomic mass is 16.2. The summed E-state index contributed by atoms with van der Waals surface area (Å²) in [6.45, 7) is 6.51. The van der Waals surface area contributed by atoms with Crippen molar-refractivity contribution in [3.8, 4) is 0 Å². The average Bonchev–Trinajstić information content (AvgIpc) is 3.12. The Balaban J connectivity index is 1.78. The monoisotopic (exact) mass is 360 g/mol. The highest BCUT2D eigenvalue weighted by Gasteiger charge is 2.17. The first-order chi connectivity index (χ1) is 13.2. The molecule has 0 atom stereocenters. The van der Waals surface area contributed by atoms with Crippen molar-refractivity contribution in [1.82, 2.24) is 9.47 Å². The molecule has 3 nitrogen and oxygen atoms in total. The van der Waals surface area contributed by atoms with Crippen molar-refractivity contribution >= 4 is 5.91 Å². The first kappa shape index (κ1) is 19.0. The molecule has 3 heteroatoms. The standard InChI is InChI=1S/C24H28N2O/c1-3-4-15-26(24(27)22-12-6-5-7-13-22)19-23-14-9-16-25(23)18-21-11-8-10-20(2)17-21/h5-14,16-17H,3-4,15,18-19H2,1-2H3. The van der Waals surface area contributed by atoms with Crippen LogP contribution in [0.3, 0.4) is 0 Å². The van der Waals surface area contributed by atoms with Crippen LogP contribution >= 0.6 is 0 Å². The molecule has 140 valence electrons. The molecule has 0 aliphatic carbocycles. The number of carbonyl (C=O) groups excluding carboxylic acids is 1. The molecule has 27 heavy (non-hydrogen) atoms. The molecule has 1 heterocycles. The molecule has 0 N–H and O–H groups in total. The van der Waals surface area contributed by atoms with Crippen molar-refractivity contribution in [2.45, 2.75) is 39.8 Å². The normalized spacial score (nSPS) is 10.7. The van der Waals surface area contributed by atoms with E-state index in [1.165, 1.54) is 11.1 Å². The molecular weight excluding hydrogens is 332 g/mol. The molecule has 3 rings (SSSR count). The minimum Gasteiger partial charge on any atom is -0.345 e. The molecule has 0 unspecified atom stereocenters. The molecule has 0 radical (unpaired) electrons. The van der Waals surface area contributed by atoms with Crippen LogP contribution < -0.4 is 0 Å². The number of amides is 1. The highest BCUT2D eigenvalue weighted by molar-refractivity contribution is 5.94. The zero-order valence-corrected chi connectivity index (χ0v) is 16.3. The van der Waals surface area contributed by atoms with Gasteiger partial charge in [-0.25, -0.2) is 0 Å². The minimum atomic E-state index is 0.104. The number of carbonyl (C=O) groups is 1. The maximum Gasteiger partial charge on any atom is 0.254 e. The molecule has 0 saturated carbocycles. The van der Waals surface area contributed by atoms with Crippen LogP contribution in [0.25, 0.3) is 0 Å². The zero-order chi connectivity index (χ0) is 19.1. The molecule has 3 aromatic rings. The Bertz CT molecular complexity index is 867. The van der Waals surface area contributed by atoms with E-state index in [2.05, 4.69) is 61.0 Å². The van der Waals surface area contributed by atoms with Crippen LogP contribution in [0.5, 0.6) is 0 Å². The largest absolute Gasteiger partial charge is 0.345 e. The lowest BCUT2D eigenvalue weighted by molar-refractivity contribution is 0.0737. The van der Waals surface area contributed by atoms with Gasteiger partial charge in [-0.15, -0.1) is 0 Å². The van der Waals surface area contributed by atoms with E-state index in [4.69, 9.17) is 0 Å². The number of aromatic nitrogens is 1. The second kappa shape index (κ2) is 9.22. The van der Waals surface area contributed by atoms with Crippen molar-refractivity contribution < 1.29 is 4.79 Å². The molecular formula is C24H28N2O. The van der Waals surface area contributed by atoms with Crippen LogP contribution in [0, 0.1) is 6.92 Å². The van der Waals surface area contributed by atoms with Crippen LogP contribution in [-0.2, 0) is 13.1 Å². The van der Waals surface area contributed by atoms with Gasteiger partial charge in [0.25, 0.3) is 5.91 Å². The van der Waals surface area contributed by atoms with Gasteiger partial charge in [0.05, 0.1) is 6.54 Å². The molecule has 1 amide bonds. The van der Waals surface area contributed by atoms with Crippen molar-refractivity contribution in [3.05, 3.63) is 95.3 Å². The molecule has 2 aromatic carbocycles. The predicted molar refractivity (Wildman–Crippen MR) is 111 cm³/mol. The Morgan fingerprint density at radius 3 is 2.56 bits per heavy atom. The van der Waals surface area contributed by atoms with Gasteiger partial charge in [-0.1, -0.05) is 61.4 Å². The van der Waals surface area contributed by atoms with E-state index in [-0.39, 0.29) is 5.91 Å². The predicted octanol–water partition coefficient (Wildman–Crippen LogP) is 5.29. The lowest BCUT2D eigenvalue weighted by Gasteiger charge is -2.24. The summed E-state index contributed by atoms with van der Waals surface area (Å²) in [7, 11) is 0. The number of unbranched alkanes of at least 4 members (excludes halogenated alkanes) is 1. The van der Waals surface area contributed by atoms with E-state index in [0.717, 1.165) is 37.2 Å². The van der Waals surface area contributed by atoms with Crippen LogP contribution in [-0.4, -0.2) is 21.9 Å². The maximum absolute atomic E-state index is 13.0. The van der Waals surface area contributed by atoms with Gasteiger partial charge in [-0.2, -0.15) is 0 Å². The van der Waals surface area contributed by atoms with E-state index in [9.17, 15) is 4.79 Å².